The molecular formula is C21H23F2O5-. The number of alkyl halides is 2. The molecule has 1 aromatic carbocycles. The maximum absolute atomic E-state index is 13.0. The highest BCUT2D eigenvalue weighted by Gasteiger charge is 2.56. The molecule has 0 spiro atoms. The van der Waals surface area contributed by atoms with Crippen LogP contribution in [0.15, 0.2) is 24.3 Å². The Bertz CT molecular complexity index is 746. The molecule has 0 saturated heterocycles. The molecule has 4 saturated carbocycles. The first-order chi connectivity index (χ1) is 13.2. The highest BCUT2D eigenvalue weighted by atomic mass is 19.3. The van der Waals surface area contributed by atoms with Crippen molar-refractivity contribution in [3.8, 4) is 5.75 Å². The fourth-order valence-corrected chi connectivity index (χ4v) is 5.50. The fraction of sp³-hybridized carbons (Fsp3) is 0.619. The van der Waals surface area contributed by atoms with Crippen molar-refractivity contribution >= 4 is 11.9 Å². The number of hydrogen-bond donors (Lipinski definition) is 0. The molecule has 0 N–H and O–H groups in total. The summed E-state index contributed by atoms with van der Waals surface area (Å²) >= 11 is 0. The van der Waals surface area contributed by atoms with Gasteiger partial charge in [-0.2, -0.15) is 8.78 Å². The first-order valence-electron chi connectivity index (χ1n) is 9.73. The third-order valence-electron chi connectivity index (χ3n) is 6.87. The smallest absolute Gasteiger partial charge is 0.338 e. The largest absolute Gasteiger partial charge is 0.544 e. The van der Waals surface area contributed by atoms with Gasteiger partial charge < -0.3 is 19.4 Å². The summed E-state index contributed by atoms with van der Waals surface area (Å²) < 4.78 is 36.7. The number of esters is 1. The van der Waals surface area contributed by atoms with Crippen LogP contribution >= 0.6 is 0 Å². The summed E-state index contributed by atoms with van der Waals surface area (Å²) in [6, 6.07) is 6.14. The number of benzene rings is 1. The molecule has 28 heavy (non-hydrogen) atoms. The van der Waals surface area contributed by atoms with Gasteiger partial charge in [0, 0.05) is 0 Å². The molecule has 7 heteroatoms. The van der Waals surface area contributed by atoms with Crippen molar-refractivity contribution in [1.29, 1.82) is 0 Å². The number of carboxylic acid groups (broad SMARTS) is 1. The van der Waals surface area contributed by atoms with Crippen LogP contribution in [0.25, 0.3) is 0 Å². The number of hydrogen-bond acceptors (Lipinski definition) is 5. The summed E-state index contributed by atoms with van der Waals surface area (Å²) in [6.07, 6.45) is 6.19. The predicted molar refractivity (Wildman–Crippen MR) is 92.8 cm³/mol. The zero-order chi connectivity index (χ0) is 20.1. The maximum Gasteiger partial charge on any atom is 0.338 e. The van der Waals surface area contributed by atoms with Crippen molar-refractivity contribution in [3.05, 3.63) is 29.8 Å². The van der Waals surface area contributed by atoms with Crippen molar-refractivity contribution in [1.82, 2.24) is 0 Å². The molecule has 5 nitrogen and oxygen atoms in total. The molecule has 0 heterocycles. The van der Waals surface area contributed by atoms with Crippen LogP contribution in [0.5, 0.6) is 5.75 Å². The van der Waals surface area contributed by atoms with Gasteiger partial charge in [0.25, 0.3) is 0 Å². The summed E-state index contributed by atoms with van der Waals surface area (Å²) in [5.41, 5.74) is -0.164. The Labute approximate surface area is 162 Å². The van der Waals surface area contributed by atoms with E-state index in [9.17, 15) is 23.5 Å². The van der Waals surface area contributed by atoms with Gasteiger partial charge >= 0.3 is 11.9 Å². The van der Waals surface area contributed by atoms with E-state index in [2.05, 4.69) is 11.7 Å². The number of aliphatic carboxylic acids is 1. The van der Waals surface area contributed by atoms with Gasteiger partial charge in [0.15, 0.2) is 6.61 Å². The maximum atomic E-state index is 13.0. The quantitative estimate of drug-likeness (QED) is 0.695. The third-order valence-corrected chi connectivity index (χ3v) is 6.87. The summed E-state index contributed by atoms with van der Waals surface area (Å²) in [5, 5.41) is 10.3. The van der Waals surface area contributed by atoms with Crippen molar-refractivity contribution in [2.24, 2.45) is 23.7 Å². The number of carboxylic acids is 1. The van der Waals surface area contributed by atoms with Crippen LogP contribution in [0, 0.1) is 23.7 Å². The molecule has 5 rings (SSSR count). The van der Waals surface area contributed by atoms with E-state index in [1.807, 2.05) is 0 Å². The van der Waals surface area contributed by atoms with Gasteiger partial charge in [0.2, 0.25) is 0 Å². The monoisotopic (exact) mass is 393 g/mol. The molecule has 4 aliphatic rings. The van der Waals surface area contributed by atoms with E-state index in [4.69, 9.17) is 4.74 Å². The van der Waals surface area contributed by atoms with Crippen LogP contribution in [-0.4, -0.2) is 30.1 Å². The molecule has 4 bridgehead atoms. The average Bonchev–Trinajstić information content (AvgIpc) is 2.64. The van der Waals surface area contributed by atoms with Gasteiger partial charge in [0.05, 0.1) is 5.56 Å². The molecule has 4 aliphatic carbocycles. The van der Waals surface area contributed by atoms with Gasteiger partial charge in [-0.1, -0.05) is 0 Å². The van der Waals surface area contributed by atoms with Gasteiger partial charge in [-0.3, -0.25) is 0 Å². The Morgan fingerprint density at radius 1 is 1.07 bits per heavy atom. The lowest BCUT2D eigenvalue weighted by Gasteiger charge is -2.59. The minimum Gasteiger partial charge on any atom is -0.544 e. The highest BCUT2D eigenvalue weighted by molar-refractivity contribution is 5.89. The second kappa shape index (κ2) is 6.71. The van der Waals surface area contributed by atoms with Crippen molar-refractivity contribution in [2.75, 3.05) is 6.61 Å². The van der Waals surface area contributed by atoms with Crippen LogP contribution in [0.4, 0.5) is 8.78 Å². The molecule has 152 valence electrons. The normalized spacial score (nSPS) is 33.5. The minimum absolute atomic E-state index is 0.0525. The zero-order valence-electron chi connectivity index (χ0n) is 15.7. The number of halogens is 2. The predicted octanol–water partition coefficient (Wildman–Crippen LogP) is 2.82. The Morgan fingerprint density at radius 2 is 1.61 bits per heavy atom. The number of ether oxygens (including phenoxy) is 2. The second-order valence-corrected chi connectivity index (χ2v) is 8.68. The van der Waals surface area contributed by atoms with E-state index >= 15 is 0 Å². The SMILES string of the molecule is CC1(Oc2ccc(C(=O)OCC(F)(F)C(=O)[O-])cc2)C2CC3CC(C2)CC1C3. The topological polar surface area (TPSA) is 75.7 Å². The molecule has 4 fully saturated rings. The minimum atomic E-state index is -4.22. The van der Waals surface area contributed by atoms with E-state index in [1.165, 1.54) is 44.2 Å². The summed E-state index contributed by atoms with van der Waals surface area (Å²) in [7, 11) is 0. The van der Waals surface area contributed by atoms with Crippen LogP contribution in [0.1, 0.15) is 49.4 Å². The molecule has 0 aromatic heterocycles. The van der Waals surface area contributed by atoms with Gasteiger partial charge in [-0.05, 0) is 87.0 Å². The lowest BCUT2D eigenvalue weighted by Crippen LogP contribution is -2.59. The number of carbonyl (C=O) groups excluding carboxylic acids is 2. The highest BCUT2D eigenvalue weighted by Crippen LogP contribution is 2.59. The molecular weight excluding hydrogens is 370 g/mol. The van der Waals surface area contributed by atoms with Crippen LogP contribution in [-0.2, 0) is 9.53 Å². The van der Waals surface area contributed by atoms with E-state index in [0.717, 1.165) is 11.8 Å². The molecule has 1 aromatic rings. The molecule has 0 unspecified atom stereocenters. The number of carbonyl (C=O) groups is 2. The van der Waals surface area contributed by atoms with Crippen molar-refractivity contribution in [2.45, 2.75) is 50.6 Å². The average molecular weight is 393 g/mol. The molecule has 0 atom stereocenters. The Hall–Kier alpha value is -2.18. The summed E-state index contributed by atoms with van der Waals surface area (Å²) in [6.45, 7) is 0.625. The Kier molecular flexibility index (Phi) is 4.59. The van der Waals surface area contributed by atoms with Crippen molar-refractivity contribution in [3.63, 3.8) is 0 Å². The third kappa shape index (κ3) is 3.35. The van der Waals surface area contributed by atoms with Crippen LogP contribution in [0.3, 0.4) is 0 Å². The zero-order valence-corrected chi connectivity index (χ0v) is 15.7. The summed E-state index contributed by atoms with van der Waals surface area (Å²) in [5.74, 6) is -4.44. The Balaban J connectivity index is 1.40. The van der Waals surface area contributed by atoms with E-state index in [-0.39, 0.29) is 11.2 Å². The van der Waals surface area contributed by atoms with E-state index < -0.39 is 24.5 Å². The van der Waals surface area contributed by atoms with Gasteiger partial charge in [0.1, 0.15) is 17.3 Å². The second-order valence-electron chi connectivity index (χ2n) is 8.68. The summed E-state index contributed by atoms with van der Waals surface area (Å²) in [4.78, 5) is 22.1. The van der Waals surface area contributed by atoms with E-state index in [0.29, 0.717) is 17.6 Å². The fourth-order valence-electron chi connectivity index (χ4n) is 5.50. The lowest BCUT2D eigenvalue weighted by molar-refractivity contribution is -0.331. The van der Waals surface area contributed by atoms with Gasteiger partial charge in [-0.15, -0.1) is 0 Å². The Morgan fingerprint density at radius 3 is 2.11 bits per heavy atom. The molecule has 0 aliphatic heterocycles. The van der Waals surface area contributed by atoms with Crippen LogP contribution < -0.4 is 9.84 Å². The van der Waals surface area contributed by atoms with Crippen LogP contribution in [0.2, 0.25) is 0 Å². The standard InChI is InChI=1S/C21H24F2O5/c1-20(15-7-12-6-13(9-15)10-16(20)8-12)28-17-4-2-14(3-5-17)18(24)27-11-21(22,23)19(25)26/h2-5,12-13,15-16H,6-11H2,1H3,(H,25,26)/p-1. The van der Waals surface area contributed by atoms with Gasteiger partial charge in [-0.25, -0.2) is 4.79 Å². The van der Waals surface area contributed by atoms with Crippen molar-refractivity contribution < 1.29 is 33.0 Å². The van der Waals surface area contributed by atoms with E-state index in [1.54, 1.807) is 12.1 Å². The molecule has 0 radical (unpaired) electrons. The molecule has 0 amide bonds. The first-order valence-corrected chi connectivity index (χ1v) is 9.73. The first kappa shape index (κ1) is 19.2. The lowest BCUT2D eigenvalue weighted by atomic mass is 9.50. The number of rotatable bonds is 6.